The minimum absolute atomic E-state index is 0.270. The smallest absolute Gasteiger partial charge is 0.0415 e. The molecule has 1 atom stereocenters. The van der Waals surface area contributed by atoms with Crippen molar-refractivity contribution >= 4 is 40.0 Å². The summed E-state index contributed by atoms with van der Waals surface area (Å²) in [5, 5.41) is 0. The first-order valence-electron chi connectivity index (χ1n) is 21.4. The topological polar surface area (TPSA) is 6.48 Å². The van der Waals surface area contributed by atoms with Gasteiger partial charge in [0.05, 0.1) is 0 Å². The van der Waals surface area contributed by atoms with Crippen molar-refractivity contribution in [2.45, 2.75) is 39.0 Å². The van der Waals surface area contributed by atoms with E-state index in [0.717, 1.165) is 71.8 Å². The van der Waals surface area contributed by atoms with Gasteiger partial charge in [-0.15, -0.1) is 5.73 Å². The monoisotopic (exact) mass is 812 g/mol. The summed E-state index contributed by atoms with van der Waals surface area (Å²) in [6.45, 7) is 16.4. The first-order valence-corrected chi connectivity index (χ1v) is 22.2. The number of benzene rings is 3. The Hall–Kier alpha value is -6.51. The Morgan fingerprint density at radius 2 is 1.54 bits per heavy atom. The van der Waals surface area contributed by atoms with Crippen LogP contribution in [-0.2, 0) is 0 Å². The van der Waals surface area contributed by atoms with E-state index in [9.17, 15) is 0 Å². The molecular weight excluding hydrogens is 757 g/mol. The lowest BCUT2D eigenvalue weighted by atomic mass is 9.86. The first-order chi connectivity index (χ1) is 29.9. The van der Waals surface area contributed by atoms with Gasteiger partial charge in [-0.3, -0.25) is 0 Å². The van der Waals surface area contributed by atoms with Crippen molar-refractivity contribution in [3.63, 3.8) is 0 Å². The molecule has 3 heteroatoms. The van der Waals surface area contributed by atoms with E-state index in [1.165, 1.54) is 38.4 Å². The van der Waals surface area contributed by atoms with Gasteiger partial charge >= 0.3 is 0 Å². The summed E-state index contributed by atoms with van der Waals surface area (Å²) in [6, 6.07) is 26.5. The minimum atomic E-state index is 0.270. The van der Waals surface area contributed by atoms with Crippen LogP contribution in [0.2, 0.25) is 0 Å². The lowest BCUT2D eigenvalue weighted by Gasteiger charge is -2.27. The van der Waals surface area contributed by atoms with E-state index in [-0.39, 0.29) is 5.92 Å². The maximum Gasteiger partial charge on any atom is 0.0415 e. The van der Waals surface area contributed by atoms with Crippen LogP contribution in [0.3, 0.4) is 0 Å². The van der Waals surface area contributed by atoms with Crippen molar-refractivity contribution in [1.29, 1.82) is 0 Å². The summed E-state index contributed by atoms with van der Waals surface area (Å²) in [5.74, 6) is 0.270. The van der Waals surface area contributed by atoms with E-state index in [1.54, 1.807) is 11.8 Å². The number of hydrogen-bond donors (Lipinski definition) is 0. The van der Waals surface area contributed by atoms with Crippen molar-refractivity contribution in [1.82, 2.24) is 0 Å². The zero-order valence-electron chi connectivity index (χ0n) is 35.4. The molecule has 3 aliphatic carbocycles. The van der Waals surface area contributed by atoms with E-state index in [0.29, 0.717) is 6.54 Å². The van der Waals surface area contributed by atoms with Gasteiger partial charge < -0.3 is 9.80 Å². The number of aryl methyl sites for hydroxylation is 1. The third kappa shape index (κ3) is 11.8. The molecule has 2 nitrogen and oxygen atoms in total. The lowest BCUT2D eigenvalue weighted by molar-refractivity contribution is 0.737. The second kappa shape index (κ2) is 21.7. The van der Waals surface area contributed by atoms with E-state index < -0.39 is 0 Å². The quantitative estimate of drug-likeness (QED) is 0.118. The van der Waals surface area contributed by atoms with Gasteiger partial charge in [-0.2, -0.15) is 0 Å². The fourth-order valence-electron chi connectivity index (χ4n) is 7.75. The molecule has 0 amide bonds. The normalized spacial score (nSPS) is 18.2. The molecule has 3 aromatic rings. The fraction of sp³-hybridized carbons (Fsp3) is 0.155. The average Bonchev–Trinajstić information content (AvgIpc) is 3.59. The van der Waals surface area contributed by atoms with Crippen molar-refractivity contribution in [3.05, 3.63) is 263 Å². The molecule has 1 heterocycles. The Labute approximate surface area is 369 Å². The molecule has 0 saturated heterocycles. The second-order valence-electron chi connectivity index (χ2n) is 15.5. The van der Waals surface area contributed by atoms with Gasteiger partial charge in [0.2, 0.25) is 0 Å². The average molecular weight is 813 g/mol. The number of nitrogens with zero attached hydrogens (tertiary/aromatic N) is 2. The summed E-state index contributed by atoms with van der Waals surface area (Å²) in [5.41, 5.74) is 16.4. The van der Waals surface area contributed by atoms with Gasteiger partial charge in [-0.05, 0) is 128 Å². The Morgan fingerprint density at radius 1 is 0.803 bits per heavy atom. The largest absolute Gasteiger partial charge is 0.338 e. The highest BCUT2D eigenvalue weighted by Crippen LogP contribution is 2.39. The zero-order valence-corrected chi connectivity index (χ0v) is 36.2. The highest BCUT2D eigenvalue weighted by atomic mass is 32.2. The summed E-state index contributed by atoms with van der Waals surface area (Å²) in [4.78, 5) is 7.08. The molecule has 4 aliphatic rings. The number of anilines is 3. The van der Waals surface area contributed by atoms with Crippen molar-refractivity contribution < 1.29 is 0 Å². The molecule has 0 fully saturated rings. The maximum absolute atomic E-state index is 4.48. The third-order valence-electron chi connectivity index (χ3n) is 11.1. The highest BCUT2D eigenvalue weighted by molar-refractivity contribution is 8.07. The Kier molecular flexibility index (Phi) is 15.1. The van der Waals surface area contributed by atoms with Crippen LogP contribution in [0.4, 0.5) is 17.1 Å². The van der Waals surface area contributed by atoms with E-state index >= 15 is 0 Å². The number of hydrogen-bond acceptors (Lipinski definition) is 3. The third-order valence-corrected chi connectivity index (χ3v) is 12.1. The van der Waals surface area contributed by atoms with Crippen LogP contribution in [-0.4, -0.2) is 13.1 Å². The van der Waals surface area contributed by atoms with Gasteiger partial charge in [-0.1, -0.05) is 176 Å². The molecule has 1 unspecified atom stereocenters. The van der Waals surface area contributed by atoms with Gasteiger partial charge in [-0.25, -0.2) is 0 Å². The predicted octanol–water partition coefficient (Wildman–Crippen LogP) is 15.8. The zero-order chi connectivity index (χ0) is 42.2. The van der Waals surface area contributed by atoms with Crippen molar-refractivity contribution in [2.75, 3.05) is 22.9 Å². The molecule has 7 rings (SSSR count). The van der Waals surface area contributed by atoms with Gasteiger partial charge in [0.25, 0.3) is 0 Å². The van der Waals surface area contributed by atoms with Crippen molar-refractivity contribution in [2.24, 2.45) is 5.92 Å². The molecule has 0 radical (unpaired) electrons. The number of thioether (sulfide) groups is 1. The van der Waals surface area contributed by atoms with Crippen LogP contribution >= 0.6 is 11.8 Å². The molecule has 3 aromatic carbocycles. The summed E-state index contributed by atoms with van der Waals surface area (Å²) < 4.78 is 0. The van der Waals surface area contributed by atoms with Gasteiger partial charge in [0.15, 0.2) is 0 Å². The van der Waals surface area contributed by atoms with Crippen LogP contribution in [0.25, 0.3) is 11.1 Å². The van der Waals surface area contributed by atoms with E-state index in [2.05, 4.69) is 212 Å². The van der Waals surface area contributed by atoms with Crippen LogP contribution < -0.4 is 9.80 Å². The summed E-state index contributed by atoms with van der Waals surface area (Å²) in [7, 11) is 0. The molecule has 0 aromatic heterocycles. The van der Waals surface area contributed by atoms with Crippen LogP contribution in [0.1, 0.15) is 48.8 Å². The Balaban J connectivity index is 1.04. The molecule has 0 bridgehead atoms. The minimum Gasteiger partial charge on any atom is -0.338 e. The van der Waals surface area contributed by atoms with Crippen LogP contribution in [0, 0.1) is 12.8 Å². The Morgan fingerprint density at radius 3 is 2.31 bits per heavy atom. The molecule has 61 heavy (non-hydrogen) atoms. The molecule has 1 aliphatic heterocycles. The summed E-state index contributed by atoms with van der Waals surface area (Å²) in [6.07, 6.45) is 48.5. The standard InChI is InChI=1S/C58H56N2S/c1-5-19-49(52-34-41-58-53(44-52)24-14-7-6-11-21-47(4)61-58)25-18-43-59(54-26-15-10-16-27-54)56-37-30-48(31-38-56)46(3)20-17-42-60(55-35-28-45(2)29-36-55)57-39-32-51(33-40-57)50-22-12-8-9-13-23-50/h5-6,8,11-15,17-23,25-41,52H,1,3-4,9-10,16,24,42-44H2,2H3/b20-17-,21-11-,25-18-,49-19+. The molecule has 304 valence electrons. The Bertz CT molecular complexity index is 2490. The number of rotatable bonds is 14. The molecule has 0 saturated carbocycles. The van der Waals surface area contributed by atoms with Crippen LogP contribution in [0.15, 0.2) is 246 Å². The molecular formula is C58H56N2S. The van der Waals surface area contributed by atoms with E-state index in [4.69, 9.17) is 0 Å². The van der Waals surface area contributed by atoms with E-state index in [1.807, 2.05) is 24.3 Å². The second-order valence-corrected chi connectivity index (χ2v) is 16.7. The predicted molar refractivity (Wildman–Crippen MR) is 269 cm³/mol. The number of allylic oxidation sites excluding steroid dienone is 21. The van der Waals surface area contributed by atoms with Crippen LogP contribution in [0.5, 0.6) is 0 Å². The van der Waals surface area contributed by atoms with Gasteiger partial charge in [0.1, 0.15) is 0 Å². The fourth-order valence-corrected chi connectivity index (χ4v) is 8.63. The SMILES string of the molecule is C=C/C=C(\C=C/CN(C1=CCCC=C1)c1ccc(C(=C)/C=C\CN(c2ccc(C)cc2)c2ccc(C3=CC=CCC=C3)cc2)cc1)C1C=CC2=C(CC=C=C/C=C\C(=C)S2)C1. The van der Waals surface area contributed by atoms with Crippen molar-refractivity contribution in [3.8, 4) is 0 Å². The maximum atomic E-state index is 4.48. The highest BCUT2D eigenvalue weighted by Gasteiger charge is 2.19. The lowest BCUT2D eigenvalue weighted by Crippen LogP contribution is -2.22. The molecule has 0 spiro atoms. The first kappa shape index (κ1) is 42.6. The molecule has 0 N–H and O–H groups in total. The van der Waals surface area contributed by atoms with Gasteiger partial charge in [0, 0.05) is 51.6 Å². The summed E-state index contributed by atoms with van der Waals surface area (Å²) >= 11 is 1.75.